The van der Waals surface area contributed by atoms with E-state index in [4.69, 9.17) is 18.9 Å². The van der Waals surface area contributed by atoms with Crippen LogP contribution in [0.15, 0.2) is 18.2 Å². The SMILES string of the molecule is CCOC(C[C@H](c1ccc2c(c1)OCO2)[C@H](C)O)OCC. The highest BCUT2D eigenvalue weighted by Crippen LogP contribution is 2.37. The molecule has 0 fully saturated rings. The molecule has 1 aliphatic heterocycles. The number of aliphatic hydroxyl groups excluding tert-OH is 1. The summed E-state index contributed by atoms with van der Waals surface area (Å²) in [6.45, 7) is 7.06. The molecule has 2 rings (SSSR count). The van der Waals surface area contributed by atoms with Crippen molar-refractivity contribution in [2.24, 2.45) is 0 Å². The summed E-state index contributed by atoms with van der Waals surface area (Å²) in [7, 11) is 0. The van der Waals surface area contributed by atoms with Crippen LogP contribution in [0.2, 0.25) is 0 Å². The van der Waals surface area contributed by atoms with Crippen LogP contribution < -0.4 is 9.47 Å². The van der Waals surface area contributed by atoms with Gasteiger partial charge < -0.3 is 24.1 Å². The van der Waals surface area contributed by atoms with E-state index >= 15 is 0 Å². The number of aliphatic hydroxyl groups is 1. The summed E-state index contributed by atoms with van der Waals surface area (Å²) < 4.78 is 21.9. The van der Waals surface area contributed by atoms with Crippen molar-refractivity contribution in [2.75, 3.05) is 20.0 Å². The van der Waals surface area contributed by atoms with Crippen molar-refractivity contribution in [1.29, 1.82) is 0 Å². The Balaban J connectivity index is 2.14. The Morgan fingerprint density at radius 1 is 1.14 bits per heavy atom. The molecule has 0 saturated carbocycles. The van der Waals surface area contributed by atoms with Crippen molar-refractivity contribution in [3.05, 3.63) is 23.8 Å². The molecule has 1 N–H and O–H groups in total. The highest BCUT2D eigenvalue weighted by atomic mass is 16.7. The van der Waals surface area contributed by atoms with Crippen LogP contribution in [0.25, 0.3) is 0 Å². The number of hydrogen-bond acceptors (Lipinski definition) is 5. The quantitative estimate of drug-likeness (QED) is 0.747. The molecule has 0 bridgehead atoms. The maximum atomic E-state index is 10.1. The number of fused-ring (bicyclic) bond motifs is 1. The number of rotatable bonds is 8. The molecule has 0 aromatic heterocycles. The predicted octanol–water partition coefficient (Wildman–Crippen LogP) is 2.67. The maximum Gasteiger partial charge on any atom is 0.231 e. The molecule has 0 unspecified atom stereocenters. The molecule has 5 heteroatoms. The van der Waals surface area contributed by atoms with Gasteiger partial charge in [-0.25, -0.2) is 0 Å². The summed E-state index contributed by atoms with van der Waals surface area (Å²) in [5.41, 5.74) is 0.999. The molecular weight excluding hydrogens is 272 g/mol. The van der Waals surface area contributed by atoms with Gasteiger partial charge in [-0.2, -0.15) is 0 Å². The molecular formula is C16H24O5. The summed E-state index contributed by atoms with van der Waals surface area (Å²) in [6, 6.07) is 5.76. The lowest BCUT2D eigenvalue weighted by atomic mass is 9.90. The summed E-state index contributed by atoms with van der Waals surface area (Å²) >= 11 is 0. The first-order valence-electron chi connectivity index (χ1n) is 7.46. The first-order chi connectivity index (χ1) is 10.2. The van der Waals surface area contributed by atoms with E-state index in [0.717, 1.165) is 17.1 Å². The Hall–Kier alpha value is -1.30. The van der Waals surface area contributed by atoms with E-state index in [0.29, 0.717) is 19.6 Å². The fraction of sp³-hybridized carbons (Fsp3) is 0.625. The maximum absolute atomic E-state index is 10.1. The highest BCUT2D eigenvalue weighted by molar-refractivity contribution is 5.45. The molecule has 1 aromatic rings. The van der Waals surface area contributed by atoms with Gasteiger partial charge in [0.1, 0.15) is 0 Å². The third kappa shape index (κ3) is 4.09. The lowest BCUT2D eigenvalue weighted by molar-refractivity contribution is -0.145. The topological polar surface area (TPSA) is 57.2 Å². The van der Waals surface area contributed by atoms with Crippen LogP contribution in [0.4, 0.5) is 0 Å². The van der Waals surface area contributed by atoms with E-state index in [9.17, 15) is 5.11 Å². The van der Waals surface area contributed by atoms with Gasteiger partial charge in [-0.15, -0.1) is 0 Å². The monoisotopic (exact) mass is 296 g/mol. The minimum atomic E-state index is -0.506. The Labute approximate surface area is 125 Å². The minimum Gasteiger partial charge on any atom is -0.454 e. The van der Waals surface area contributed by atoms with Crippen molar-refractivity contribution in [2.45, 2.75) is 45.5 Å². The van der Waals surface area contributed by atoms with Gasteiger partial charge in [0.2, 0.25) is 6.79 Å². The van der Waals surface area contributed by atoms with Crippen molar-refractivity contribution in [1.82, 2.24) is 0 Å². The Kier molecular flexibility index (Phi) is 5.85. The minimum absolute atomic E-state index is 0.0809. The fourth-order valence-corrected chi connectivity index (χ4v) is 2.52. The molecule has 0 saturated heterocycles. The van der Waals surface area contributed by atoms with Gasteiger partial charge in [-0.05, 0) is 38.5 Å². The molecule has 1 aromatic carbocycles. The van der Waals surface area contributed by atoms with Crippen LogP contribution >= 0.6 is 0 Å². The zero-order chi connectivity index (χ0) is 15.2. The summed E-state index contributed by atoms with van der Waals surface area (Å²) in [4.78, 5) is 0. The van der Waals surface area contributed by atoms with Crippen molar-refractivity contribution in [3.63, 3.8) is 0 Å². The molecule has 21 heavy (non-hydrogen) atoms. The first-order valence-corrected chi connectivity index (χ1v) is 7.46. The van der Waals surface area contributed by atoms with Gasteiger partial charge in [0, 0.05) is 25.6 Å². The third-order valence-corrected chi connectivity index (χ3v) is 3.56. The fourth-order valence-electron chi connectivity index (χ4n) is 2.52. The Bertz CT molecular complexity index is 440. The Morgan fingerprint density at radius 3 is 2.43 bits per heavy atom. The zero-order valence-corrected chi connectivity index (χ0v) is 12.9. The van der Waals surface area contributed by atoms with Gasteiger partial charge in [0.15, 0.2) is 17.8 Å². The molecule has 0 amide bonds. The van der Waals surface area contributed by atoms with Crippen molar-refractivity contribution >= 4 is 0 Å². The van der Waals surface area contributed by atoms with Crippen molar-refractivity contribution < 1.29 is 24.1 Å². The summed E-state index contributed by atoms with van der Waals surface area (Å²) in [6.07, 6.45) is -0.224. The average molecular weight is 296 g/mol. The average Bonchev–Trinajstić information content (AvgIpc) is 2.92. The predicted molar refractivity (Wildman–Crippen MR) is 78.6 cm³/mol. The Morgan fingerprint density at radius 2 is 1.81 bits per heavy atom. The molecule has 2 atom stereocenters. The molecule has 0 spiro atoms. The second kappa shape index (κ2) is 7.64. The van der Waals surface area contributed by atoms with E-state index in [1.807, 2.05) is 32.0 Å². The third-order valence-electron chi connectivity index (χ3n) is 3.56. The summed E-state index contributed by atoms with van der Waals surface area (Å²) in [5.74, 6) is 1.39. The molecule has 1 heterocycles. The number of benzene rings is 1. The lowest BCUT2D eigenvalue weighted by Gasteiger charge is -2.26. The first kappa shape index (κ1) is 16.1. The molecule has 5 nitrogen and oxygen atoms in total. The normalized spacial score (nSPS) is 16.2. The smallest absolute Gasteiger partial charge is 0.231 e. The van der Waals surface area contributed by atoms with Gasteiger partial charge in [0.25, 0.3) is 0 Å². The van der Waals surface area contributed by atoms with Crippen LogP contribution in [-0.4, -0.2) is 37.5 Å². The van der Waals surface area contributed by atoms with E-state index in [2.05, 4.69) is 0 Å². The van der Waals surface area contributed by atoms with E-state index in [1.54, 1.807) is 6.92 Å². The molecule has 0 aliphatic carbocycles. The van der Waals surface area contributed by atoms with Gasteiger partial charge >= 0.3 is 0 Å². The van der Waals surface area contributed by atoms with E-state index < -0.39 is 6.10 Å². The number of hydrogen-bond donors (Lipinski definition) is 1. The lowest BCUT2D eigenvalue weighted by Crippen LogP contribution is -2.25. The number of ether oxygens (including phenoxy) is 4. The van der Waals surface area contributed by atoms with Gasteiger partial charge in [-0.3, -0.25) is 0 Å². The summed E-state index contributed by atoms with van der Waals surface area (Å²) in [5, 5.41) is 10.1. The second-order valence-corrected chi connectivity index (χ2v) is 5.04. The van der Waals surface area contributed by atoms with Crippen LogP contribution in [0.3, 0.4) is 0 Å². The van der Waals surface area contributed by atoms with Crippen LogP contribution in [0, 0.1) is 0 Å². The van der Waals surface area contributed by atoms with Crippen LogP contribution in [0.1, 0.15) is 38.7 Å². The molecule has 118 valence electrons. The van der Waals surface area contributed by atoms with Crippen LogP contribution in [0.5, 0.6) is 11.5 Å². The van der Waals surface area contributed by atoms with Gasteiger partial charge in [0.05, 0.1) is 6.10 Å². The second-order valence-electron chi connectivity index (χ2n) is 5.04. The standard InChI is InChI=1S/C16H24O5/c1-4-18-16(19-5-2)9-13(11(3)17)12-6-7-14-15(8-12)21-10-20-14/h6-8,11,13,16-17H,4-5,9-10H2,1-3H3/t11-,13-/m0/s1. The zero-order valence-electron chi connectivity index (χ0n) is 12.9. The van der Waals surface area contributed by atoms with Crippen molar-refractivity contribution in [3.8, 4) is 11.5 Å². The van der Waals surface area contributed by atoms with Crippen LogP contribution in [-0.2, 0) is 9.47 Å². The molecule has 1 aliphatic rings. The van der Waals surface area contributed by atoms with E-state index in [-0.39, 0.29) is 19.0 Å². The highest BCUT2D eigenvalue weighted by Gasteiger charge is 2.25. The molecule has 0 radical (unpaired) electrons. The van der Waals surface area contributed by atoms with E-state index in [1.165, 1.54) is 0 Å². The largest absolute Gasteiger partial charge is 0.454 e. The van der Waals surface area contributed by atoms with Gasteiger partial charge in [-0.1, -0.05) is 6.07 Å².